The number of halogens is 1. The Kier molecular flexibility index (Phi) is 10.4. The number of benzene rings is 2. The minimum atomic E-state index is 0. The standard InChI is InChI=1S/C24H33N3O2.HI/c1-4-28-22-14-12-19(13-15-22)18-27(3)24(25-2)26-17-21-11-8-16-29-23(21)20-9-6-5-7-10-20;/h5-7,9-10,12-15,21,23H,4,8,11,16-18H2,1-3H3,(H,25,26);1H. The summed E-state index contributed by atoms with van der Waals surface area (Å²) in [6, 6.07) is 18.8. The number of ether oxygens (including phenoxy) is 2. The molecule has 0 amide bonds. The van der Waals surface area contributed by atoms with Crippen LogP contribution in [-0.2, 0) is 11.3 Å². The number of hydrogen-bond acceptors (Lipinski definition) is 3. The molecule has 0 aliphatic carbocycles. The third kappa shape index (κ3) is 6.87. The molecule has 5 nitrogen and oxygen atoms in total. The molecule has 6 heteroatoms. The van der Waals surface area contributed by atoms with E-state index in [0.29, 0.717) is 12.5 Å². The fourth-order valence-electron chi connectivity index (χ4n) is 3.88. The first kappa shape index (κ1) is 24.5. The number of rotatable bonds is 7. The molecule has 1 heterocycles. The summed E-state index contributed by atoms with van der Waals surface area (Å²) in [4.78, 5) is 6.63. The van der Waals surface area contributed by atoms with E-state index < -0.39 is 0 Å². The molecule has 2 aromatic rings. The lowest BCUT2D eigenvalue weighted by Gasteiger charge is -2.33. The molecule has 2 atom stereocenters. The highest BCUT2D eigenvalue weighted by Gasteiger charge is 2.27. The minimum absolute atomic E-state index is 0. The van der Waals surface area contributed by atoms with Crippen LogP contribution in [0.15, 0.2) is 59.6 Å². The van der Waals surface area contributed by atoms with Crippen molar-refractivity contribution in [3.63, 3.8) is 0 Å². The molecular weight excluding hydrogens is 489 g/mol. The Morgan fingerprint density at radius 1 is 1.17 bits per heavy atom. The maximum atomic E-state index is 6.12. The van der Waals surface area contributed by atoms with Crippen molar-refractivity contribution in [1.29, 1.82) is 0 Å². The maximum absolute atomic E-state index is 6.12. The lowest BCUT2D eigenvalue weighted by atomic mass is 9.89. The average molecular weight is 523 g/mol. The SMILES string of the molecule is CCOc1ccc(CN(C)C(=NC)NCC2CCCOC2c2ccccc2)cc1.I. The number of aliphatic imine (C=N–C) groups is 1. The first-order chi connectivity index (χ1) is 14.2. The molecule has 0 spiro atoms. The van der Waals surface area contributed by atoms with Crippen molar-refractivity contribution in [2.45, 2.75) is 32.4 Å². The third-order valence-corrected chi connectivity index (χ3v) is 5.32. The van der Waals surface area contributed by atoms with Gasteiger partial charge in [0.15, 0.2) is 5.96 Å². The van der Waals surface area contributed by atoms with E-state index >= 15 is 0 Å². The van der Waals surface area contributed by atoms with Gasteiger partial charge in [-0.3, -0.25) is 4.99 Å². The number of hydrogen-bond donors (Lipinski definition) is 1. The summed E-state index contributed by atoms with van der Waals surface area (Å²) in [5, 5.41) is 3.56. The Labute approximate surface area is 197 Å². The van der Waals surface area contributed by atoms with Crippen molar-refractivity contribution in [3.8, 4) is 5.75 Å². The van der Waals surface area contributed by atoms with Crippen LogP contribution in [0.25, 0.3) is 0 Å². The zero-order valence-corrected chi connectivity index (χ0v) is 20.5. The first-order valence-electron chi connectivity index (χ1n) is 10.5. The van der Waals surface area contributed by atoms with Gasteiger partial charge in [0.1, 0.15) is 5.75 Å². The summed E-state index contributed by atoms with van der Waals surface area (Å²) in [5.74, 6) is 2.24. The van der Waals surface area contributed by atoms with Crippen LogP contribution >= 0.6 is 24.0 Å². The molecule has 30 heavy (non-hydrogen) atoms. The highest BCUT2D eigenvalue weighted by Crippen LogP contribution is 2.33. The smallest absolute Gasteiger partial charge is 0.193 e. The van der Waals surface area contributed by atoms with Gasteiger partial charge in [-0.2, -0.15) is 0 Å². The molecule has 164 valence electrons. The maximum Gasteiger partial charge on any atom is 0.193 e. The van der Waals surface area contributed by atoms with Gasteiger partial charge in [0.05, 0.1) is 12.7 Å². The molecule has 0 aromatic heterocycles. The highest BCUT2D eigenvalue weighted by atomic mass is 127. The molecular formula is C24H34IN3O2. The van der Waals surface area contributed by atoms with Crippen LogP contribution in [-0.4, -0.2) is 44.7 Å². The van der Waals surface area contributed by atoms with Gasteiger partial charge in [0, 0.05) is 39.7 Å². The van der Waals surface area contributed by atoms with E-state index in [9.17, 15) is 0 Å². The molecule has 0 radical (unpaired) electrons. The second-order valence-electron chi connectivity index (χ2n) is 7.47. The monoisotopic (exact) mass is 523 g/mol. The number of nitrogens with one attached hydrogen (secondary N) is 1. The first-order valence-corrected chi connectivity index (χ1v) is 10.5. The molecule has 0 saturated carbocycles. The second-order valence-corrected chi connectivity index (χ2v) is 7.47. The van der Waals surface area contributed by atoms with Crippen LogP contribution in [0.3, 0.4) is 0 Å². The molecule has 1 saturated heterocycles. The lowest BCUT2D eigenvalue weighted by molar-refractivity contribution is -0.0266. The van der Waals surface area contributed by atoms with E-state index in [-0.39, 0.29) is 30.1 Å². The van der Waals surface area contributed by atoms with Crippen molar-refractivity contribution in [2.75, 3.05) is 33.9 Å². The molecule has 2 unspecified atom stereocenters. The van der Waals surface area contributed by atoms with Crippen LogP contribution in [0.5, 0.6) is 5.75 Å². The third-order valence-electron chi connectivity index (χ3n) is 5.32. The predicted molar refractivity (Wildman–Crippen MR) is 134 cm³/mol. The van der Waals surface area contributed by atoms with E-state index in [1.807, 2.05) is 26.1 Å². The number of guanidine groups is 1. The van der Waals surface area contributed by atoms with Gasteiger partial charge >= 0.3 is 0 Å². The van der Waals surface area contributed by atoms with E-state index in [1.165, 1.54) is 11.1 Å². The molecule has 0 bridgehead atoms. The summed E-state index contributed by atoms with van der Waals surface area (Å²) >= 11 is 0. The van der Waals surface area contributed by atoms with Gasteiger partial charge < -0.3 is 19.7 Å². The average Bonchev–Trinajstić information content (AvgIpc) is 2.76. The van der Waals surface area contributed by atoms with Crippen LogP contribution in [0.2, 0.25) is 0 Å². The molecule has 1 aliphatic heterocycles. The minimum Gasteiger partial charge on any atom is -0.494 e. The van der Waals surface area contributed by atoms with Crippen molar-refractivity contribution in [2.24, 2.45) is 10.9 Å². The van der Waals surface area contributed by atoms with Crippen molar-refractivity contribution < 1.29 is 9.47 Å². The van der Waals surface area contributed by atoms with Crippen molar-refractivity contribution >= 4 is 29.9 Å². The fourth-order valence-corrected chi connectivity index (χ4v) is 3.88. The van der Waals surface area contributed by atoms with Gasteiger partial charge in [-0.25, -0.2) is 0 Å². The fraction of sp³-hybridized carbons (Fsp3) is 0.458. The van der Waals surface area contributed by atoms with Gasteiger partial charge in [-0.15, -0.1) is 24.0 Å². The van der Waals surface area contributed by atoms with Crippen molar-refractivity contribution in [1.82, 2.24) is 10.2 Å². The van der Waals surface area contributed by atoms with E-state index in [2.05, 4.69) is 64.7 Å². The number of nitrogens with zero attached hydrogens (tertiary/aromatic N) is 2. The summed E-state index contributed by atoms with van der Waals surface area (Å²) in [5.41, 5.74) is 2.48. The summed E-state index contributed by atoms with van der Waals surface area (Å²) < 4.78 is 11.6. The topological polar surface area (TPSA) is 46.1 Å². The zero-order valence-electron chi connectivity index (χ0n) is 18.2. The Morgan fingerprint density at radius 2 is 1.90 bits per heavy atom. The quantitative estimate of drug-likeness (QED) is 0.320. The van der Waals surface area contributed by atoms with Crippen LogP contribution in [0.1, 0.15) is 37.0 Å². The molecule has 1 fully saturated rings. The van der Waals surface area contributed by atoms with Crippen LogP contribution < -0.4 is 10.1 Å². The van der Waals surface area contributed by atoms with Gasteiger partial charge in [0.2, 0.25) is 0 Å². The molecule has 1 N–H and O–H groups in total. The predicted octanol–water partition coefficient (Wildman–Crippen LogP) is 4.88. The summed E-state index contributed by atoms with van der Waals surface area (Å²) in [6.45, 7) is 5.15. The highest BCUT2D eigenvalue weighted by molar-refractivity contribution is 14.0. The van der Waals surface area contributed by atoms with Gasteiger partial charge in [0.25, 0.3) is 0 Å². The normalized spacial score (nSPS) is 19.0. The van der Waals surface area contributed by atoms with E-state index in [4.69, 9.17) is 9.47 Å². The van der Waals surface area contributed by atoms with Gasteiger partial charge in [-0.1, -0.05) is 42.5 Å². The van der Waals surface area contributed by atoms with Crippen LogP contribution in [0.4, 0.5) is 0 Å². The van der Waals surface area contributed by atoms with E-state index in [0.717, 1.165) is 44.2 Å². The second kappa shape index (κ2) is 12.8. The Hall–Kier alpha value is -1.80. The summed E-state index contributed by atoms with van der Waals surface area (Å²) in [6.07, 6.45) is 2.41. The van der Waals surface area contributed by atoms with Gasteiger partial charge in [-0.05, 0) is 43.0 Å². The Bertz CT molecular complexity index is 768. The van der Waals surface area contributed by atoms with Crippen molar-refractivity contribution in [3.05, 3.63) is 65.7 Å². The van der Waals surface area contributed by atoms with E-state index in [1.54, 1.807) is 0 Å². The van der Waals surface area contributed by atoms with Crippen LogP contribution in [0, 0.1) is 5.92 Å². The Balaban J connectivity index is 0.00000320. The zero-order chi connectivity index (χ0) is 20.5. The molecule has 3 rings (SSSR count). The molecule has 1 aliphatic rings. The largest absolute Gasteiger partial charge is 0.494 e. The summed E-state index contributed by atoms with van der Waals surface area (Å²) in [7, 11) is 3.90. The lowest BCUT2D eigenvalue weighted by Crippen LogP contribution is -2.42. The molecule has 2 aromatic carbocycles. The Morgan fingerprint density at radius 3 is 2.57 bits per heavy atom.